The highest BCUT2D eigenvalue weighted by Gasteiger charge is 2.10. The monoisotopic (exact) mass is 304 g/mol. The van der Waals surface area contributed by atoms with Gasteiger partial charge in [0.05, 0.1) is 4.70 Å². The van der Waals surface area contributed by atoms with E-state index in [0.717, 1.165) is 21.4 Å². The van der Waals surface area contributed by atoms with Crippen molar-refractivity contribution in [3.05, 3.63) is 60.2 Å². The van der Waals surface area contributed by atoms with E-state index in [-0.39, 0.29) is 0 Å². The quantitative estimate of drug-likeness (QED) is 0.739. The Labute approximate surface area is 123 Å². The molecule has 0 aliphatic carbocycles. The van der Waals surface area contributed by atoms with Gasteiger partial charge in [0, 0.05) is 0 Å². The SMILES string of the molecule is O=S(O)c1cc2cccc(OCc3ccccc3)c2s1. The molecule has 20 heavy (non-hydrogen) atoms. The maximum absolute atomic E-state index is 11.1. The van der Waals surface area contributed by atoms with E-state index < -0.39 is 11.1 Å². The maximum Gasteiger partial charge on any atom is 0.196 e. The van der Waals surface area contributed by atoms with E-state index in [1.807, 2.05) is 48.5 Å². The molecule has 1 atom stereocenters. The van der Waals surface area contributed by atoms with Crippen LogP contribution in [0.5, 0.6) is 5.75 Å². The summed E-state index contributed by atoms with van der Waals surface area (Å²) in [6.45, 7) is 0.482. The number of hydrogen-bond acceptors (Lipinski definition) is 3. The fraction of sp³-hybridized carbons (Fsp3) is 0.0667. The first-order valence-electron chi connectivity index (χ1n) is 6.04. The van der Waals surface area contributed by atoms with Crippen molar-refractivity contribution < 1.29 is 13.5 Å². The first kappa shape index (κ1) is 13.3. The maximum atomic E-state index is 11.1. The lowest BCUT2D eigenvalue weighted by molar-refractivity contribution is 0.310. The molecule has 1 aromatic heterocycles. The summed E-state index contributed by atoms with van der Waals surface area (Å²) in [5.41, 5.74) is 1.09. The lowest BCUT2D eigenvalue weighted by atomic mass is 10.2. The summed E-state index contributed by atoms with van der Waals surface area (Å²) < 4.78 is 27.5. The molecule has 0 saturated carbocycles. The van der Waals surface area contributed by atoms with Gasteiger partial charge in [-0.2, -0.15) is 0 Å². The van der Waals surface area contributed by atoms with Crippen molar-refractivity contribution in [2.75, 3.05) is 0 Å². The summed E-state index contributed by atoms with van der Waals surface area (Å²) in [7, 11) is 0. The zero-order valence-corrected chi connectivity index (χ0v) is 12.1. The zero-order valence-electron chi connectivity index (χ0n) is 10.5. The third-order valence-electron chi connectivity index (χ3n) is 2.89. The fourth-order valence-corrected chi connectivity index (χ4v) is 3.57. The average Bonchev–Trinajstić information content (AvgIpc) is 2.91. The van der Waals surface area contributed by atoms with Crippen LogP contribution in [0.1, 0.15) is 5.56 Å². The van der Waals surface area contributed by atoms with E-state index >= 15 is 0 Å². The van der Waals surface area contributed by atoms with Gasteiger partial charge in [0.2, 0.25) is 0 Å². The van der Waals surface area contributed by atoms with Gasteiger partial charge in [-0.1, -0.05) is 42.5 Å². The largest absolute Gasteiger partial charge is 0.487 e. The van der Waals surface area contributed by atoms with E-state index in [1.165, 1.54) is 11.3 Å². The first-order valence-corrected chi connectivity index (χ1v) is 7.96. The molecular weight excluding hydrogens is 292 g/mol. The molecule has 3 aromatic rings. The van der Waals surface area contributed by atoms with Crippen LogP contribution in [-0.2, 0) is 17.7 Å². The Balaban J connectivity index is 1.89. The van der Waals surface area contributed by atoms with Crippen molar-refractivity contribution in [2.24, 2.45) is 0 Å². The minimum atomic E-state index is -1.95. The molecule has 3 nitrogen and oxygen atoms in total. The average molecular weight is 304 g/mol. The van der Waals surface area contributed by atoms with Crippen LogP contribution >= 0.6 is 11.3 Å². The summed E-state index contributed by atoms with van der Waals surface area (Å²) >= 11 is -0.655. The van der Waals surface area contributed by atoms with Crippen LogP contribution in [0.2, 0.25) is 0 Å². The molecule has 0 radical (unpaired) electrons. The molecule has 2 aromatic carbocycles. The Morgan fingerprint density at radius 2 is 1.90 bits per heavy atom. The number of thiophene rings is 1. The van der Waals surface area contributed by atoms with Crippen LogP contribution in [0, 0.1) is 0 Å². The van der Waals surface area contributed by atoms with Gasteiger partial charge in [0.25, 0.3) is 0 Å². The topological polar surface area (TPSA) is 46.5 Å². The van der Waals surface area contributed by atoms with Crippen molar-refractivity contribution in [1.82, 2.24) is 0 Å². The second kappa shape index (κ2) is 5.75. The van der Waals surface area contributed by atoms with Crippen LogP contribution in [0.15, 0.2) is 58.8 Å². The Morgan fingerprint density at radius 1 is 1.10 bits per heavy atom. The molecule has 1 N–H and O–H groups in total. The van der Waals surface area contributed by atoms with Crippen molar-refractivity contribution in [3.8, 4) is 5.75 Å². The lowest BCUT2D eigenvalue weighted by Gasteiger charge is -2.07. The second-order valence-corrected chi connectivity index (χ2v) is 6.51. The van der Waals surface area contributed by atoms with Crippen LogP contribution in [0.3, 0.4) is 0 Å². The molecule has 0 spiro atoms. The molecular formula is C15H12O3S2. The molecule has 1 unspecified atom stereocenters. The predicted molar refractivity (Wildman–Crippen MR) is 81.6 cm³/mol. The summed E-state index contributed by atoms with van der Waals surface area (Å²) in [6.07, 6.45) is 0. The fourth-order valence-electron chi connectivity index (χ4n) is 1.95. The smallest absolute Gasteiger partial charge is 0.196 e. The minimum Gasteiger partial charge on any atom is -0.487 e. The number of hydrogen-bond donors (Lipinski definition) is 1. The van der Waals surface area contributed by atoms with Gasteiger partial charge in [-0.05, 0) is 23.1 Å². The van der Waals surface area contributed by atoms with Crippen molar-refractivity contribution in [2.45, 2.75) is 10.8 Å². The molecule has 0 amide bonds. The number of ether oxygens (including phenoxy) is 1. The first-order chi connectivity index (χ1) is 9.74. The lowest BCUT2D eigenvalue weighted by Crippen LogP contribution is -1.94. The van der Waals surface area contributed by atoms with Crippen LogP contribution < -0.4 is 4.74 Å². The Kier molecular flexibility index (Phi) is 3.82. The van der Waals surface area contributed by atoms with Crippen LogP contribution in [0.25, 0.3) is 10.1 Å². The third-order valence-corrected chi connectivity index (χ3v) is 4.99. The Bertz CT molecular complexity index is 750. The third kappa shape index (κ3) is 2.75. The van der Waals surface area contributed by atoms with E-state index in [1.54, 1.807) is 6.07 Å². The van der Waals surface area contributed by atoms with E-state index in [4.69, 9.17) is 9.29 Å². The highest BCUT2D eigenvalue weighted by molar-refractivity contribution is 7.82. The summed E-state index contributed by atoms with van der Waals surface area (Å²) in [6, 6.07) is 17.3. The summed E-state index contributed by atoms with van der Waals surface area (Å²) in [5, 5.41) is 0.929. The summed E-state index contributed by atoms with van der Waals surface area (Å²) in [5.74, 6) is 0.744. The van der Waals surface area contributed by atoms with E-state index in [9.17, 15) is 4.21 Å². The standard InChI is InChI=1S/C15H12O3S2/c16-20(17)14-9-12-7-4-8-13(15(12)19-14)18-10-11-5-2-1-3-6-11/h1-9H,10H2,(H,16,17). The molecule has 3 rings (SSSR count). The summed E-state index contributed by atoms with van der Waals surface area (Å²) in [4.78, 5) is 0. The van der Waals surface area contributed by atoms with Gasteiger partial charge >= 0.3 is 0 Å². The van der Waals surface area contributed by atoms with Gasteiger partial charge in [-0.15, -0.1) is 11.3 Å². The number of benzene rings is 2. The number of fused-ring (bicyclic) bond motifs is 1. The molecule has 5 heteroatoms. The zero-order chi connectivity index (χ0) is 13.9. The van der Waals surface area contributed by atoms with Crippen LogP contribution in [-0.4, -0.2) is 8.76 Å². The Morgan fingerprint density at radius 3 is 2.65 bits per heavy atom. The molecule has 102 valence electrons. The predicted octanol–water partition coefficient (Wildman–Crippen LogP) is 4.06. The Hall–Kier alpha value is -1.69. The minimum absolute atomic E-state index is 0.441. The molecule has 0 aliphatic heterocycles. The highest BCUT2D eigenvalue weighted by atomic mass is 32.2. The van der Waals surface area contributed by atoms with E-state index in [0.29, 0.717) is 10.8 Å². The van der Waals surface area contributed by atoms with Gasteiger partial charge in [-0.3, -0.25) is 0 Å². The van der Waals surface area contributed by atoms with Crippen molar-refractivity contribution in [3.63, 3.8) is 0 Å². The van der Waals surface area contributed by atoms with Crippen molar-refractivity contribution in [1.29, 1.82) is 0 Å². The molecule has 0 aliphatic rings. The van der Waals surface area contributed by atoms with Gasteiger partial charge in [0.1, 0.15) is 16.6 Å². The van der Waals surface area contributed by atoms with E-state index in [2.05, 4.69) is 0 Å². The second-order valence-electron chi connectivity index (χ2n) is 4.26. The molecule has 0 bridgehead atoms. The van der Waals surface area contributed by atoms with Crippen LogP contribution in [0.4, 0.5) is 0 Å². The van der Waals surface area contributed by atoms with Gasteiger partial charge in [0.15, 0.2) is 11.1 Å². The highest BCUT2D eigenvalue weighted by Crippen LogP contribution is 2.35. The number of rotatable bonds is 4. The van der Waals surface area contributed by atoms with Gasteiger partial charge < -0.3 is 9.29 Å². The van der Waals surface area contributed by atoms with Crippen molar-refractivity contribution >= 4 is 32.5 Å². The molecule has 1 heterocycles. The molecule has 0 saturated heterocycles. The van der Waals surface area contributed by atoms with Gasteiger partial charge in [-0.25, -0.2) is 4.21 Å². The normalized spacial score (nSPS) is 12.4. The molecule has 0 fully saturated rings.